The third kappa shape index (κ3) is 6.69. The molecule has 0 radical (unpaired) electrons. The number of benzene rings is 3. The van der Waals surface area contributed by atoms with E-state index in [9.17, 15) is 24.5 Å². The molecule has 1 fully saturated rings. The number of aryl methyl sites for hydroxylation is 2. The highest BCUT2D eigenvalue weighted by molar-refractivity contribution is 9.10. The van der Waals surface area contributed by atoms with E-state index in [1.807, 2.05) is 26.0 Å². The van der Waals surface area contributed by atoms with E-state index >= 15 is 0 Å². The van der Waals surface area contributed by atoms with Gasteiger partial charge in [0.15, 0.2) is 18.1 Å². The summed E-state index contributed by atoms with van der Waals surface area (Å²) in [6.07, 6.45) is 1.57. The molecule has 0 aliphatic carbocycles. The fraction of sp³-hybridized carbons (Fsp3) is 0.179. The van der Waals surface area contributed by atoms with Gasteiger partial charge in [-0.25, -0.2) is 0 Å². The lowest BCUT2D eigenvalue weighted by Crippen LogP contribution is -2.27. The lowest BCUT2D eigenvalue weighted by atomic mass is 10.1. The molecule has 3 aromatic carbocycles. The van der Waals surface area contributed by atoms with Crippen LogP contribution in [0.2, 0.25) is 0 Å². The Morgan fingerprint density at radius 3 is 2.45 bits per heavy atom. The number of amides is 3. The monoisotopic (exact) mass is 625 g/mol. The molecule has 1 N–H and O–H groups in total. The summed E-state index contributed by atoms with van der Waals surface area (Å²) in [6, 6.07) is 14.4. The van der Waals surface area contributed by atoms with Gasteiger partial charge < -0.3 is 14.8 Å². The molecular weight excluding hydrogens is 602 g/mol. The van der Waals surface area contributed by atoms with E-state index in [-0.39, 0.29) is 29.7 Å². The average Bonchev–Trinajstić information content (AvgIpc) is 3.18. The number of carbonyl (C=O) groups is 3. The third-order valence-corrected chi connectivity index (χ3v) is 7.63. The molecule has 0 saturated carbocycles. The van der Waals surface area contributed by atoms with Gasteiger partial charge in [-0.05, 0) is 94.1 Å². The van der Waals surface area contributed by atoms with Crippen LogP contribution < -0.4 is 14.8 Å². The van der Waals surface area contributed by atoms with Crippen molar-refractivity contribution in [3.8, 4) is 11.5 Å². The van der Waals surface area contributed by atoms with Crippen LogP contribution in [0.4, 0.5) is 16.2 Å². The van der Waals surface area contributed by atoms with Crippen molar-refractivity contribution in [1.82, 2.24) is 4.90 Å². The van der Waals surface area contributed by atoms with Crippen LogP contribution in [0, 0.1) is 24.0 Å². The Kier molecular flexibility index (Phi) is 8.90. The fourth-order valence-corrected chi connectivity index (χ4v) is 5.19. The van der Waals surface area contributed by atoms with E-state index in [4.69, 9.17) is 9.47 Å². The number of anilines is 1. The maximum Gasteiger partial charge on any atom is 0.293 e. The summed E-state index contributed by atoms with van der Waals surface area (Å²) in [4.78, 5) is 49.6. The molecule has 10 nitrogen and oxygen atoms in total. The van der Waals surface area contributed by atoms with Crippen molar-refractivity contribution >= 4 is 62.2 Å². The van der Waals surface area contributed by atoms with Crippen LogP contribution in [0.3, 0.4) is 0 Å². The first kappa shape index (κ1) is 28.8. The molecule has 3 amide bonds. The highest BCUT2D eigenvalue weighted by atomic mass is 79.9. The first-order chi connectivity index (χ1) is 19.0. The summed E-state index contributed by atoms with van der Waals surface area (Å²) in [5, 5.41) is 13.2. The van der Waals surface area contributed by atoms with Crippen molar-refractivity contribution < 1.29 is 28.8 Å². The number of thioether (sulfide) groups is 1. The van der Waals surface area contributed by atoms with E-state index < -0.39 is 16.1 Å². The van der Waals surface area contributed by atoms with Crippen molar-refractivity contribution in [3.63, 3.8) is 0 Å². The fourth-order valence-electron chi connectivity index (χ4n) is 3.79. The highest BCUT2D eigenvalue weighted by Crippen LogP contribution is 2.35. The zero-order valence-electron chi connectivity index (χ0n) is 21.7. The second kappa shape index (κ2) is 12.3. The minimum absolute atomic E-state index is 0.00308. The van der Waals surface area contributed by atoms with Gasteiger partial charge in [-0.2, -0.15) is 0 Å². The summed E-state index contributed by atoms with van der Waals surface area (Å²) in [7, 11) is 1.45. The van der Waals surface area contributed by atoms with E-state index in [1.165, 1.54) is 31.4 Å². The predicted molar refractivity (Wildman–Crippen MR) is 155 cm³/mol. The number of hydrogen-bond donors (Lipinski definition) is 1. The topological polar surface area (TPSA) is 128 Å². The molecule has 1 aliphatic heterocycles. The predicted octanol–water partition coefficient (Wildman–Crippen LogP) is 6.24. The minimum Gasteiger partial charge on any atom is -0.493 e. The van der Waals surface area contributed by atoms with Gasteiger partial charge in [0.25, 0.3) is 22.7 Å². The number of imide groups is 1. The van der Waals surface area contributed by atoms with Gasteiger partial charge in [0.05, 0.1) is 29.2 Å². The van der Waals surface area contributed by atoms with Crippen molar-refractivity contribution in [3.05, 3.63) is 96.3 Å². The SMILES string of the molecule is COc1cc(/C=C2/SC(=O)N(Cc3ccc([N+](=O)[O-])cc3)C2=O)ccc1OCC(=O)Nc1cc(C)c(C)cc1Br. The third-order valence-electron chi connectivity index (χ3n) is 6.06. The normalized spacial score (nSPS) is 14.0. The van der Waals surface area contributed by atoms with Gasteiger partial charge >= 0.3 is 0 Å². The molecule has 40 heavy (non-hydrogen) atoms. The smallest absolute Gasteiger partial charge is 0.293 e. The Morgan fingerprint density at radius 2 is 1.77 bits per heavy atom. The zero-order chi connectivity index (χ0) is 29.0. The maximum atomic E-state index is 12.9. The van der Waals surface area contributed by atoms with E-state index in [0.29, 0.717) is 28.3 Å². The number of carbonyl (C=O) groups excluding carboxylic acids is 3. The standard InChI is InChI=1S/C28H24BrN3O7S/c1-16-10-21(29)22(11-17(16)2)30-26(33)15-39-23-9-6-19(12-24(23)38-3)13-25-27(34)31(28(35)40-25)14-18-4-7-20(8-5-18)32(36)37/h4-13H,14-15H2,1-3H3,(H,30,33)/b25-13+. The molecule has 1 aliphatic rings. The number of nitro benzene ring substituents is 1. The van der Waals surface area contributed by atoms with Gasteiger partial charge in [-0.1, -0.05) is 18.2 Å². The molecule has 1 saturated heterocycles. The van der Waals surface area contributed by atoms with Crippen molar-refractivity contribution in [2.45, 2.75) is 20.4 Å². The molecule has 206 valence electrons. The minimum atomic E-state index is -0.517. The lowest BCUT2D eigenvalue weighted by Gasteiger charge is -2.13. The van der Waals surface area contributed by atoms with Crippen LogP contribution >= 0.6 is 27.7 Å². The van der Waals surface area contributed by atoms with Crippen LogP contribution in [0.5, 0.6) is 11.5 Å². The summed E-state index contributed by atoms with van der Waals surface area (Å²) in [5.41, 5.74) is 3.89. The number of halogens is 1. The molecule has 0 atom stereocenters. The number of hydrogen-bond acceptors (Lipinski definition) is 8. The first-order valence-electron chi connectivity index (χ1n) is 11.9. The Labute approximate surface area is 242 Å². The second-order valence-corrected chi connectivity index (χ2v) is 10.7. The Hall–Kier alpha value is -4.16. The Balaban J connectivity index is 1.41. The summed E-state index contributed by atoms with van der Waals surface area (Å²) in [6.45, 7) is 3.69. The van der Waals surface area contributed by atoms with Crippen molar-refractivity contribution in [2.24, 2.45) is 0 Å². The number of nitrogens with zero attached hydrogens (tertiary/aromatic N) is 2. The Morgan fingerprint density at radius 1 is 1.07 bits per heavy atom. The van der Waals surface area contributed by atoms with E-state index in [2.05, 4.69) is 21.2 Å². The number of ether oxygens (including phenoxy) is 2. The lowest BCUT2D eigenvalue weighted by molar-refractivity contribution is -0.384. The Bertz CT molecular complexity index is 1540. The van der Waals surface area contributed by atoms with Gasteiger partial charge in [0, 0.05) is 16.6 Å². The van der Waals surface area contributed by atoms with E-state index in [1.54, 1.807) is 24.3 Å². The molecule has 0 bridgehead atoms. The number of nitro groups is 1. The van der Waals surface area contributed by atoms with E-state index in [0.717, 1.165) is 32.3 Å². The van der Waals surface area contributed by atoms with Crippen LogP contribution in [-0.2, 0) is 16.1 Å². The molecule has 1 heterocycles. The van der Waals surface area contributed by atoms with Gasteiger partial charge in [0.2, 0.25) is 0 Å². The number of nitrogens with one attached hydrogen (secondary N) is 1. The molecule has 0 aromatic heterocycles. The summed E-state index contributed by atoms with van der Waals surface area (Å²) < 4.78 is 11.9. The van der Waals surface area contributed by atoms with Crippen LogP contribution in [0.1, 0.15) is 22.3 Å². The highest BCUT2D eigenvalue weighted by Gasteiger charge is 2.35. The molecular formula is C28H24BrN3O7S. The average molecular weight is 626 g/mol. The zero-order valence-corrected chi connectivity index (χ0v) is 24.1. The molecule has 0 spiro atoms. The molecule has 0 unspecified atom stereocenters. The van der Waals surface area contributed by atoms with Gasteiger partial charge in [-0.3, -0.25) is 29.4 Å². The number of rotatable bonds is 9. The van der Waals surface area contributed by atoms with Crippen LogP contribution in [-0.4, -0.2) is 40.6 Å². The molecule has 12 heteroatoms. The van der Waals surface area contributed by atoms with Crippen molar-refractivity contribution in [2.75, 3.05) is 19.0 Å². The largest absolute Gasteiger partial charge is 0.493 e. The van der Waals surface area contributed by atoms with Gasteiger partial charge in [-0.15, -0.1) is 0 Å². The summed E-state index contributed by atoms with van der Waals surface area (Å²) in [5.74, 6) is -0.141. The van der Waals surface area contributed by atoms with Crippen molar-refractivity contribution in [1.29, 1.82) is 0 Å². The quantitative estimate of drug-likeness (QED) is 0.168. The van der Waals surface area contributed by atoms with Crippen LogP contribution in [0.25, 0.3) is 6.08 Å². The van der Waals surface area contributed by atoms with Crippen LogP contribution in [0.15, 0.2) is 64.0 Å². The summed E-state index contributed by atoms with van der Waals surface area (Å²) >= 11 is 4.26. The number of non-ortho nitro benzene ring substituents is 1. The molecule has 3 aromatic rings. The number of methoxy groups -OCH3 is 1. The van der Waals surface area contributed by atoms with Gasteiger partial charge in [0.1, 0.15) is 0 Å². The second-order valence-electron chi connectivity index (χ2n) is 8.85. The first-order valence-corrected chi connectivity index (χ1v) is 13.5. The maximum absolute atomic E-state index is 12.9. The molecule has 4 rings (SSSR count).